The fraction of sp³-hybridized carbons (Fsp3) is 0.415. The van der Waals surface area contributed by atoms with Gasteiger partial charge in [0.05, 0.1) is 35.2 Å². The topological polar surface area (TPSA) is 109 Å². The number of benzene rings is 3. The summed E-state index contributed by atoms with van der Waals surface area (Å²) in [6.07, 6.45) is 5.08. The number of methoxy groups -OCH3 is 2. The Bertz CT molecular complexity index is 1830. The van der Waals surface area contributed by atoms with Crippen molar-refractivity contribution >= 4 is 53.2 Å². The van der Waals surface area contributed by atoms with Crippen molar-refractivity contribution in [2.45, 2.75) is 57.1 Å². The SMILES string of the molecule is COCC1=C2[C@@H](CC/C(=C/c3cc(I)c(O)c(OC)c3)c3ccccc3)OB(O)C[C@@H]2[C@@H]2C(=O)N(C3CCN(Cc4ccccc4)CC3)C(=O)[C@@H]2C1. The number of rotatable bonds is 11. The molecule has 52 heavy (non-hydrogen) atoms. The summed E-state index contributed by atoms with van der Waals surface area (Å²) >= 11 is 2.10. The number of halogens is 1. The summed E-state index contributed by atoms with van der Waals surface area (Å²) in [7, 11) is 2.14. The number of fused-ring (bicyclic) bond motifs is 3. The van der Waals surface area contributed by atoms with Crippen LogP contribution >= 0.6 is 22.6 Å². The summed E-state index contributed by atoms with van der Waals surface area (Å²) in [6, 6.07) is 24.1. The predicted octanol–water partition coefficient (Wildman–Crippen LogP) is 6.43. The lowest BCUT2D eigenvalue weighted by Crippen LogP contribution is -2.48. The van der Waals surface area contributed by atoms with Gasteiger partial charge in [0.15, 0.2) is 11.5 Å². The maximum Gasteiger partial charge on any atom is 0.455 e. The van der Waals surface area contributed by atoms with Crippen molar-refractivity contribution in [1.29, 1.82) is 0 Å². The van der Waals surface area contributed by atoms with Gasteiger partial charge in [0.1, 0.15) is 0 Å². The first-order valence-corrected chi connectivity index (χ1v) is 19.3. The highest BCUT2D eigenvalue weighted by Crippen LogP contribution is 2.51. The van der Waals surface area contributed by atoms with Gasteiger partial charge >= 0.3 is 7.12 Å². The normalized spacial score (nSPS) is 24.3. The molecule has 0 spiro atoms. The van der Waals surface area contributed by atoms with Crippen LogP contribution in [-0.2, 0) is 25.5 Å². The maximum atomic E-state index is 14.4. The molecule has 4 atom stereocenters. The van der Waals surface area contributed by atoms with E-state index in [9.17, 15) is 19.7 Å². The van der Waals surface area contributed by atoms with E-state index < -0.39 is 25.1 Å². The molecular formula is C41H46BIN2O7. The van der Waals surface area contributed by atoms with Crippen LogP contribution in [0.25, 0.3) is 11.6 Å². The van der Waals surface area contributed by atoms with Crippen molar-refractivity contribution in [3.8, 4) is 11.5 Å². The Morgan fingerprint density at radius 3 is 2.40 bits per heavy atom. The van der Waals surface area contributed by atoms with Crippen LogP contribution in [0.5, 0.6) is 11.5 Å². The fourth-order valence-electron chi connectivity index (χ4n) is 8.90. The van der Waals surface area contributed by atoms with Crippen LogP contribution < -0.4 is 4.74 Å². The van der Waals surface area contributed by atoms with Gasteiger partial charge in [0, 0.05) is 32.8 Å². The number of allylic oxidation sites excluding steroid dienone is 1. The first-order chi connectivity index (χ1) is 25.2. The molecule has 0 bridgehead atoms. The quantitative estimate of drug-likeness (QED) is 0.0750. The molecule has 3 aromatic carbocycles. The van der Waals surface area contributed by atoms with Gasteiger partial charge in [-0.1, -0.05) is 66.7 Å². The lowest BCUT2D eigenvalue weighted by atomic mass is 9.58. The third-order valence-electron chi connectivity index (χ3n) is 11.3. The molecule has 0 unspecified atom stereocenters. The van der Waals surface area contributed by atoms with Crippen molar-refractivity contribution in [2.24, 2.45) is 17.8 Å². The van der Waals surface area contributed by atoms with Gasteiger partial charge in [-0.05, 0) is 112 Å². The third kappa shape index (κ3) is 7.61. The zero-order valence-corrected chi connectivity index (χ0v) is 31.9. The van der Waals surface area contributed by atoms with E-state index in [1.807, 2.05) is 36.4 Å². The second-order valence-corrected chi connectivity index (χ2v) is 15.6. The summed E-state index contributed by atoms with van der Waals surface area (Å²) in [4.78, 5) is 32.5. The molecule has 2 N–H and O–H groups in total. The minimum atomic E-state index is -1.05. The van der Waals surface area contributed by atoms with Crippen LogP contribution in [0.4, 0.5) is 0 Å². The van der Waals surface area contributed by atoms with Gasteiger partial charge < -0.3 is 24.3 Å². The number of amides is 2. The van der Waals surface area contributed by atoms with Crippen LogP contribution in [0.3, 0.4) is 0 Å². The van der Waals surface area contributed by atoms with E-state index in [2.05, 4.69) is 70.0 Å². The average molecular weight is 817 g/mol. The minimum Gasteiger partial charge on any atom is -0.504 e. The number of carbonyl (C=O) groups excluding carboxylic acids is 2. The molecule has 2 amide bonds. The van der Waals surface area contributed by atoms with E-state index >= 15 is 0 Å². The number of hydrogen-bond donors (Lipinski definition) is 2. The van der Waals surface area contributed by atoms with Crippen molar-refractivity contribution in [2.75, 3.05) is 33.9 Å². The Morgan fingerprint density at radius 1 is 1.00 bits per heavy atom. The van der Waals surface area contributed by atoms with Gasteiger partial charge in [0.2, 0.25) is 11.8 Å². The summed E-state index contributed by atoms with van der Waals surface area (Å²) in [5.41, 5.74) is 6.29. The Labute approximate surface area is 319 Å². The largest absolute Gasteiger partial charge is 0.504 e. The average Bonchev–Trinajstić information content (AvgIpc) is 3.40. The maximum absolute atomic E-state index is 14.4. The van der Waals surface area contributed by atoms with Crippen molar-refractivity contribution < 1.29 is 33.8 Å². The van der Waals surface area contributed by atoms with Crippen molar-refractivity contribution in [1.82, 2.24) is 9.80 Å². The number of carbonyl (C=O) groups is 2. The number of imide groups is 1. The molecule has 3 aliphatic heterocycles. The zero-order valence-electron chi connectivity index (χ0n) is 29.7. The number of phenols is 1. The lowest BCUT2D eigenvalue weighted by Gasteiger charge is -2.43. The number of phenolic OH excluding ortho intramolecular Hbond substituents is 1. The smallest absolute Gasteiger partial charge is 0.455 e. The summed E-state index contributed by atoms with van der Waals surface area (Å²) in [5, 5.41) is 21.6. The standard InChI is InChI=1S/C41H46BIN2O7/c1-50-25-30-22-32-38(41(48)45(40(32)47)31-15-17-44(18-16-31)24-26-9-5-3-6-10-26)33-23-42(49)52-35(37(30)33)14-13-29(28-11-7-4-8-12-28)19-27-20-34(43)39(46)36(21-27)51-2/h3-12,19-21,31-33,35,38,46,49H,13-18,22-25H2,1-2H3/b29-19-/t32-,33+,35-,38-/m1/s1. The lowest BCUT2D eigenvalue weighted by molar-refractivity contribution is -0.144. The third-order valence-corrected chi connectivity index (χ3v) is 12.1. The fourth-order valence-corrected chi connectivity index (χ4v) is 9.53. The Balaban J connectivity index is 1.12. The second kappa shape index (κ2) is 16.3. The van der Waals surface area contributed by atoms with Crippen LogP contribution in [-0.4, -0.2) is 84.9 Å². The van der Waals surface area contributed by atoms with E-state index in [0.29, 0.717) is 35.2 Å². The number of likely N-dealkylation sites (tertiary alicyclic amines) is 2. The first-order valence-electron chi connectivity index (χ1n) is 18.3. The number of piperidine rings is 1. The molecule has 3 fully saturated rings. The molecule has 0 radical (unpaired) electrons. The molecule has 3 saturated heterocycles. The summed E-state index contributed by atoms with van der Waals surface area (Å²) < 4.78 is 18.1. The molecule has 0 saturated carbocycles. The van der Waals surface area contributed by atoms with E-state index in [1.54, 1.807) is 12.0 Å². The van der Waals surface area contributed by atoms with E-state index in [-0.39, 0.29) is 35.8 Å². The molecule has 11 heteroatoms. The van der Waals surface area contributed by atoms with Crippen LogP contribution in [0.15, 0.2) is 83.9 Å². The van der Waals surface area contributed by atoms with Crippen LogP contribution in [0.1, 0.15) is 48.8 Å². The van der Waals surface area contributed by atoms with Crippen LogP contribution in [0, 0.1) is 21.3 Å². The number of nitrogens with zero attached hydrogens (tertiary/aromatic N) is 2. The van der Waals surface area contributed by atoms with E-state index in [0.717, 1.165) is 60.3 Å². The highest BCUT2D eigenvalue weighted by molar-refractivity contribution is 14.1. The second-order valence-electron chi connectivity index (χ2n) is 14.4. The van der Waals surface area contributed by atoms with Gasteiger partial charge in [-0.25, -0.2) is 0 Å². The van der Waals surface area contributed by atoms with E-state index in [4.69, 9.17) is 14.1 Å². The molecule has 1 aliphatic carbocycles. The van der Waals surface area contributed by atoms with Gasteiger partial charge in [-0.2, -0.15) is 0 Å². The molecule has 3 heterocycles. The molecule has 272 valence electrons. The van der Waals surface area contributed by atoms with Gasteiger partial charge in [0.25, 0.3) is 0 Å². The molecule has 3 aromatic rings. The van der Waals surface area contributed by atoms with E-state index in [1.165, 1.54) is 12.7 Å². The molecule has 4 aliphatic rings. The molecule has 7 rings (SSSR count). The van der Waals surface area contributed by atoms with Gasteiger partial charge in [-0.3, -0.25) is 19.4 Å². The summed E-state index contributed by atoms with van der Waals surface area (Å²) in [5.74, 6) is -0.921. The Morgan fingerprint density at radius 2 is 1.71 bits per heavy atom. The molecule has 9 nitrogen and oxygen atoms in total. The number of hydrogen-bond acceptors (Lipinski definition) is 8. The number of aromatic hydroxyl groups is 1. The Kier molecular flexibility index (Phi) is 11.5. The highest BCUT2D eigenvalue weighted by Gasteiger charge is 2.58. The van der Waals surface area contributed by atoms with Crippen molar-refractivity contribution in [3.63, 3.8) is 0 Å². The Hall–Kier alpha value is -3.49. The van der Waals surface area contributed by atoms with Gasteiger partial charge in [-0.15, -0.1) is 0 Å². The predicted molar refractivity (Wildman–Crippen MR) is 209 cm³/mol. The monoisotopic (exact) mass is 816 g/mol. The van der Waals surface area contributed by atoms with Crippen molar-refractivity contribution in [3.05, 3.63) is 104 Å². The first kappa shape index (κ1) is 36.9. The number of ether oxygens (including phenoxy) is 2. The van der Waals surface area contributed by atoms with Crippen LogP contribution in [0.2, 0.25) is 6.32 Å². The minimum absolute atomic E-state index is 0.0741. The zero-order chi connectivity index (χ0) is 36.4. The molecule has 0 aromatic heterocycles. The summed E-state index contributed by atoms with van der Waals surface area (Å²) in [6.45, 7) is 2.86. The molecular weight excluding hydrogens is 770 g/mol. The highest BCUT2D eigenvalue weighted by atomic mass is 127.